The molecule has 1 saturated heterocycles. The van der Waals surface area contributed by atoms with E-state index >= 15 is 4.39 Å². The van der Waals surface area contributed by atoms with Crippen LogP contribution in [-0.2, 0) is 0 Å². The van der Waals surface area contributed by atoms with Crippen molar-refractivity contribution in [1.82, 2.24) is 15.3 Å². The van der Waals surface area contributed by atoms with Crippen molar-refractivity contribution in [3.8, 4) is 11.3 Å². The van der Waals surface area contributed by atoms with E-state index in [1.165, 1.54) is 18.3 Å². The maximum absolute atomic E-state index is 15.3. The molecule has 0 aliphatic carbocycles. The van der Waals surface area contributed by atoms with E-state index in [0.717, 1.165) is 12.1 Å². The topological polar surface area (TPSA) is 159 Å². The Balaban J connectivity index is 1.65. The van der Waals surface area contributed by atoms with Gasteiger partial charge in [-0.1, -0.05) is 0 Å². The minimum Gasteiger partial charge on any atom is -0.397 e. The molecule has 0 radical (unpaired) electrons. The van der Waals surface area contributed by atoms with Crippen molar-refractivity contribution < 1.29 is 23.5 Å². The molecule has 38 heavy (non-hydrogen) atoms. The number of nitrogens with zero attached hydrogens (tertiary/aromatic N) is 3. The number of anilines is 3. The molecule has 3 aromatic rings. The molecule has 7 N–H and O–H groups in total. The number of pyridine rings is 2. The molecule has 1 aliphatic rings. The molecule has 10 nitrogen and oxygen atoms in total. The van der Waals surface area contributed by atoms with Gasteiger partial charge in [-0.05, 0) is 50.6 Å². The summed E-state index contributed by atoms with van der Waals surface area (Å²) in [5.41, 5.74) is 11.6. The number of piperidine rings is 1. The maximum Gasteiger partial charge on any atom is 0.276 e. The molecule has 4 rings (SSSR count). The van der Waals surface area contributed by atoms with E-state index in [0.29, 0.717) is 30.9 Å². The second kappa shape index (κ2) is 11.1. The highest BCUT2D eigenvalue weighted by atomic mass is 19.1. The van der Waals surface area contributed by atoms with Crippen LogP contribution in [0.25, 0.3) is 11.3 Å². The average molecular weight is 526 g/mol. The van der Waals surface area contributed by atoms with Gasteiger partial charge < -0.3 is 32.1 Å². The highest BCUT2D eigenvalue weighted by molar-refractivity contribution is 6.08. The molecule has 2 aromatic heterocycles. The predicted molar refractivity (Wildman–Crippen MR) is 140 cm³/mol. The van der Waals surface area contributed by atoms with Gasteiger partial charge in [-0.3, -0.25) is 14.6 Å². The standard InChI is InChI=1S/C26H29F2N7O3/c1-13(2)32-25(37)14-3-4-15(27)22(23(14)28)18-6-5-16(29)24(33-18)26(38)34-19-11-31-9-7-20(19)35-10-8-21(36)17(30)12-35/h3-7,9,11,13,17,21,36H,8,10,12,29-30H2,1-2H3,(H,32,37)(H,34,38)/t17-,21-/m1/s1. The van der Waals surface area contributed by atoms with Crippen molar-refractivity contribution in [2.75, 3.05) is 29.0 Å². The highest BCUT2D eigenvalue weighted by Crippen LogP contribution is 2.30. The van der Waals surface area contributed by atoms with Crippen molar-refractivity contribution in [2.24, 2.45) is 5.73 Å². The summed E-state index contributed by atoms with van der Waals surface area (Å²) in [7, 11) is 0. The Morgan fingerprint density at radius 2 is 1.92 bits per heavy atom. The van der Waals surface area contributed by atoms with E-state index in [4.69, 9.17) is 11.5 Å². The smallest absolute Gasteiger partial charge is 0.276 e. The SMILES string of the molecule is CC(C)NC(=O)c1ccc(F)c(-c2ccc(N)c(C(=O)Nc3cnccc3N3CC[C@@H](O)[C@H](N)C3)n2)c1F. The molecule has 200 valence electrons. The summed E-state index contributed by atoms with van der Waals surface area (Å²) in [6, 6.07) is 5.58. The number of aliphatic hydroxyl groups is 1. The normalized spacial score (nSPS) is 17.4. The number of benzene rings is 1. The summed E-state index contributed by atoms with van der Waals surface area (Å²) >= 11 is 0. The van der Waals surface area contributed by atoms with Gasteiger partial charge in [0, 0.05) is 31.4 Å². The van der Waals surface area contributed by atoms with E-state index in [9.17, 15) is 19.1 Å². The molecule has 1 aliphatic heterocycles. The Labute approximate surface area is 218 Å². The number of aromatic nitrogens is 2. The first kappa shape index (κ1) is 26.9. The Morgan fingerprint density at radius 1 is 1.16 bits per heavy atom. The molecule has 3 heterocycles. The third-order valence-electron chi connectivity index (χ3n) is 6.16. The Hall–Kier alpha value is -4.16. The second-order valence-electron chi connectivity index (χ2n) is 9.36. The number of nitrogens with two attached hydrogens (primary N) is 2. The second-order valence-corrected chi connectivity index (χ2v) is 9.36. The monoisotopic (exact) mass is 525 g/mol. The van der Waals surface area contributed by atoms with Gasteiger partial charge >= 0.3 is 0 Å². The highest BCUT2D eigenvalue weighted by Gasteiger charge is 2.27. The van der Waals surface area contributed by atoms with Crippen molar-refractivity contribution >= 4 is 28.9 Å². The zero-order valence-corrected chi connectivity index (χ0v) is 20.9. The van der Waals surface area contributed by atoms with Gasteiger partial charge in [0.2, 0.25) is 0 Å². The van der Waals surface area contributed by atoms with Gasteiger partial charge in [0.1, 0.15) is 11.6 Å². The van der Waals surface area contributed by atoms with Gasteiger partial charge in [0.05, 0.1) is 46.2 Å². The number of hydrogen-bond acceptors (Lipinski definition) is 8. The lowest BCUT2D eigenvalue weighted by Gasteiger charge is -2.36. The minimum absolute atomic E-state index is 0.0191. The molecule has 2 atom stereocenters. The fourth-order valence-electron chi connectivity index (χ4n) is 4.22. The third kappa shape index (κ3) is 5.55. The van der Waals surface area contributed by atoms with Gasteiger partial charge in [-0.25, -0.2) is 13.8 Å². The number of nitrogens with one attached hydrogen (secondary N) is 2. The first-order chi connectivity index (χ1) is 18.1. The fraction of sp³-hybridized carbons (Fsp3) is 0.308. The van der Waals surface area contributed by atoms with Gasteiger partial charge in [0.25, 0.3) is 11.8 Å². The number of halogens is 2. The van der Waals surface area contributed by atoms with E-state index in [1.807, 2.05) is 4.90 Å². The van der Waals surface area contributed by atoms with Crippen molar-refractivity contribution in [1.29, 1.82) is 0 Å². The lowest BCUT2D eigenvalue weighted by atomic mass is 10.0. The zero-order valence-electron chi connectivity index (χ0n) is 20.9. The largest absolute Gasteiger partial charge is 0.397 e. The number of carbonyl (C=O) groups is 2. The van der Waals surface area contributed by atoms with Gasteiger partial charge in [0.15, 0.2) is 5.69 Å². The lowest BCUT2D eigenvalue weighted by Crippen LogP contribution is -2.51. The molecule has 0 bridgehead atoms. The molecular formula is C26H29F2N7O3. The van der Waals surface area contributed by atoms with E-state index in [2.05, 4.69) is 20.6 Å². The van der Waals surface area contributed by atoms with Crippen LogP contribution in [-0.4, -0.2) is 58.2 Å². The Kier molecular flexibility index (Phi) is 7.83. The molecule has 0 spiro atoms. The molecule has 0 saturated carbocycles. The third-order valence-corrected chi connectivity index (χ3v) is 6.16. The van der Waals surface area contributed by atoms with Crippen LogP contribution in [0.15, 0.2) is 42.7 Å². The molecule has 0 unspecified atom stereocenters. The Bertz CT molecular complexity index is 1370. The van der Waals surface area contributed by atoms with E-state index in [-0.39, 0.29) is 28.7 Å². The maximum atomic E-state index is 15.3. The van der Waals surface area contributed by atoms with Crippen LogP contribution in [0, 0.1) is 11.6 Å². The van der Waals surface area contributed by atoms with Crippen LogP contribution in [0.1, 0.15) is 41.1 Å². The molecule has 2 amide bonds. The number of hydrogen-bond donors (Lipinski definition) is 5. The fourth-order valence-corrected chi connectivity index (χ4v) is 4.22. The van der Waals surface area contributed by atoms with Crippen molar-refractivity contribution in [3.05, 3.63) is 65.6 Å². The summed E-state index contributed by atoms with van der Waals surface area (Å²) in [5, 5.41) is 15.2. The summed E-state index contributed by atoms with van der Waals surface area (Å²) in [5.74, 6) is -3.49. The molecule has 12 heteroatoms. The average Bonchev–Trinajstić information content (AvgIpc) is 2.86. The first-order valence-electron chi connectivity index (χ1n) is 12.1. The molecule has 1 fully saturated rings. The molecular weight excluding hydrogens is 496 g/mol. The van der Waals surface area contributed by atoms with Gasteiger partial charge in [-0.2, -0.15) is 0 Å². The quantitative estimate of drug-likeness (QED) is 0.328. The van der Waals surface area contributed by atoms with Crippen LogP contribution in [0.3, 0.4) is 0 Å². The Morgan fingerprint density at radius 3 is 2.63 bits per heavy atom. The number of carbonyl (C=O) groups excluding carboxylic acids is 2. The summed E-state index contributed by atoms with van der Waals surface area (Å²) in [4.78, 5) is 35.7. The minimum atomic E-state index is -1.11. The van der Waals surface area contributed by atoms with Crippen LogP contribution in [0.4, 0.5) is 25.8 Å². The van der Waals surface area contributed by atoms with Crippen LogP contribution in [0.2, 0.25) is 0 Å². The zero-order chi connectivity index (χ0) is 27.6. The van der Waals surface area contributed by atoms with Crippen molar-refractivity contribution in [2.45, 2.75) is 38.5 Å². The van der Waals surface area contributed by atoms with Crippen LogP contribution >= 0.6 is 0 Å². The van der Waals surface area contributed by atoms with E-state index in [1.54, 1.807) is 26.1 Å². The van der Waals surface area contributed by atoms with Crippen LogP contribution < -0.4 is 27.0 Å². The number of nitrogen functional groups attached to an aromatic ring is 1. The van der Waals surface area contributed by atoms with Crippen molar-refractivity contribution in [3.63, 3.8) is 0 Å². The number of amides is 2. The number of aliphatic hydroxyl groups excluding tert-OH is 1. The number of rotatable bonds is 6. The van der Waals surface area contributed by atoms with E-state index < -0.39 is 41.2 Å². The summed E-state index contributed by atoms with van der Waals surface area (Å²) < 4.78 is 30.1. The lowest BCUT2D eigenvalue weighted by molar-refractivity contribution is 0.0938. The van der Waals surface area contributed by atoms with Gasteiger partial charge in [-0.15, -0.1) is 0 Å². The molecule has 1 aromatic carbocycles. The predicted octanol–water partition coefficient (Wildman–Crippen LogP) is 2.29. The van der Waals surface area contributed by atoms with Crippen LogP contribution in [0.5, 0.6) is 0 Å². The first-order valence-corrected chi connectivity index (χ1v) is 12.1. The summed E-state index contributed by atoms with van der Waals surface area (Å²) in [6.07, 6.45) is 2.84. The summed E-state index contributed by atoms with van der Waals surface area (Å²) in [6.45, 7) is 4.30.